The summed E-state index contributed by atoms with van der Waals surface area (Å²) in [5.74, 6) is 0. The summed E-state index contributed by atoms with van der Waals surface area (Å²) in [6.45, 7) is 0. The van der Waals surface area contributed by atoms with Gasteiger partial charge in [-0.3, -0.25) is 0 Å². The molecule has 13 rings (SSSR count). The average molecular weight is 737 g/mol. The van der Waals surface area contributed by atoms with Crippen LogP contribution in [0.25, 0.3) is 131 Å². The van der Waals surface area contributed by atoms with Crippen LogP contribution < -0.4 is 0 Å². The Morgan fingerprint density at radius 2 is 0.655 bits per heavy atom. The first-order chi connectivity index (χ1) is 28.7. The predicted molar refractivity (Wildman–Crippen MR) is 245 cm³/mol. The number of hydrogen-bond donors (Lipinski definition) is 0. The number of hydrogen-bond acceptors (Lipinski definition) is 2. The molecule has 0 N–H and O–H groups in total. The average Bonchev–Trinajstić information content (AvgIpc) is 3.86. The molecule has 0 saturated carbocycles. The molecule has 2 nitrogen and oxygen atoms in total. The lowest BCUT2D eigenvalue weighted by atomic mass is 9.84. The molecule has 0 spiro atoms. The van der Waals surface area contributed by atoms with Gasteiger partial charge in [-0.05, 0) is 119 Å². The highest BCUT2D eigenvalue weighted by molar-refractivity contribution is 6.24. The molecule has 0 bridgehead atoms. The fourth-order valence-corrected chi connectivity index (χ4v) is 9.77. The third-order valence-corrected chi connectivity index (χ3v) is 12.4. The first-order valence-electron chi connectivity index (χ1n) is 19.9. The Morgan fingerprint density at radius 1 is 0.241 bits per heavy atom. The molecule has 11 aromatic carbocycles. The van der Waals surface area contributed by atoms with Crippen LogP contribution in [-0.2, 0) is 0 Å². The number of benzene rings is 11. The lowest BCUT2D eigenvalue weighted by Gasteiger charge is -2.19. The van der Waals surface area contributed by atoms with E-state index in [0.717, 1.165) is 65.8 Å². The predicted octanol–water partition coefficient (Wildman–Crippen LogP) is 16.3. The fourth-order valence-electron chi connectivity index (χ4n) is 9.77. The van der Waals surface area contributed by atoms with E-state index in [-0.39, 0.29) is 0 Å². The molecule has 0 amide bonds. The van der Waals surface area contributed by atoms with Crippen LogP contribution in [0.3, 0.4) is 0 Å². The number of furan rings is 2. The Balaban J connectivity index is 1.12. The standard InChI is InChI=1S/C56H32O2/c1-4-14-39-33(10-1)13-9-19-40(39)36-22-25-45-50(30-36)54(38-24-29-52-49(32-38)47-27-21-35-12-3-6-16-42(35)56(47)58-52)44-18-8-7-17-43(44)53(45)37-23-28-51-48(31-37)46-26-20-34-11-2-5-15-41(34)55(46)57-51/h1-32H. The monoisotopic (exact) mass is 736 g/mol. The first kappa shape index (κ1) is 31.5. The summed E-state index contributed by atoms with van der Waals surface area (Å²) < 4.78 is 13.2. The molecule has 268 valence electrons. The maximum Gasteiger partial charge on any atom is 0.143 e. The summed E-state index contributed by atoms with van der Waals surface area (Å²) in [6.07, 6.45) is 0. The lowest BCUT2D eigenvalue weighted by Crippen LogP contribution is -1.92. The molecular formula is C56H32O2. The van der Waals surface area contributed by atoms with Crippen molar-refractivity contribution in [3.8, 4) is 33.4 Å². The van der Waals surface area contributed by atoms with Gasteiger partial charge in [0.1, 0.15) is 22.3 Å². The van der Waals surface area contributed by atoms with Crippen LogP contribution in [0.1, 0.15) is 0 Å². The molecule has 0 aliphatic rings. The van der Waals surface area contributed by atoms with Crippen molar-refractivity contribution in [2.24, 2.45) is 0 Å². The van der Waals surface area contributed by atoms with Crippen LogP contribution in [-0.4, -0.2) is 0 Å². The van der Waals surface area contributed by atoms with E-state index < -0.39 is 0 Å². The highest BCUT2D eigenvalue weighted by Crippen LogP contribution is 2.48. The largest absolute Gasteiger partial charge is 0.455 e. The Labute approximate surface area is 332 Å². The van der Waals surface area contributed by atoms with Crippen molar-refractivity contribution in [3.05, 3.63) is 194 Å². The highest BCUT2D eigenvalue weighted by Gasteiger charge is 2.21. The molecule has 2 heterocycles. The van der Waals surface area contributed by atoms with Crippen molar-refractivity contribution in [2.75, 3.05) is 0 Å². The van der Waals surface area contributed by atoms with E-state index in [0.29, 0.717) is 0 Å². The summed E-state index contributed by atoms with van der Waals surface area (Å²) in [5.41, 5.74) is 10.8. The van der Waals surface area contributed by atoms with Crippen LogP contribution in [0.4, 0.5) is 0 Å². The van der Waals surface area contributed by atoms with Crippen LogP contribution in [0.2, 0.25) is 0 Å². The van der Waals surface area contributed by atoms with Crippen LogP contribution >= 0.6 is 0 Å². The van der Waals surface area contributed by atoms with E-state index >= 15 is 0 Å². The van der Waals surface area contributed by atoms with Gasteiger partial charge in [0, 0.05) is 32.3 Å². The molecular weight excluding hydrogens is 705 g/mol. The minimum absolute atomic E-state index is 0.894. The van der Waals surface area contributed by atoms with Crippen LogP contribution in [0.15, 0.2) is 203 Å². The number of fused-ring (bicyclic) bond motifs is 13. The Kier molecular flexibility index (Phi) is 6.47. The molecule has 2 aromatic heterocycles. The molecule has 0 unspecified atom stereocenters. The van der Waals surface area contributed by atoms with Gasteiger partial charge in [-0.25, -0.2) is 0 Å². The van der Waals surface area contributed by atoms with E-state index in [1.807, 2.05) is 0 Å². The lowest BCUT2D eigenvalue weighted by molar-refractivity contribution is 0.672. The normalized spacial score (nSPS) is 12.1. The molecule has 2 heteroatoms. The molecule has 0 saturated heterocycles. The van der Waals surface area contributed by atoms with Gasteiger partial charge >= 0.3 is 0 Å². The second-order valence-corrected chi connectivity index (χ2v) is 15.5. The van der Waals surface area contributed by atoms with E-state index in [4.69, 9.17) is 8.83 Å². The van der Waals surface area contributed by atoms with Gasteiger partial charge in [0.15, 0.2) is 0 Å². The van der Waals surface area contributed by atoms with Crippen molar-refractivity contribution in [1.82, 2.24) is 0 Å². The van der Waals surface area contributed by atoms with E-state index in [1.54, 1.807) is 0 Å². The molecule has 0 aliphatic carbocycles. The molecule has 58 heavy (non-hydrogen) atoms. The molecule has 0 aliphatic heterocycles. The Morgan fingerprint density at radius 3 is 1.24 bits per heavy atom. The second-order valence-electron chi connectivity index (χ2n) is 15.5. The highest BCUT2D eigenvalue weighted by atomic mass is 16.3. The van der Waals surface area contributed by atoms with E-state index in [1.165, 1.54) is 65.3 Å². The van der Waals surface area contributed by atoms with Gasteiger partial charge in [-0.2, -0.15) is 0 Å². The summed E-state index contributed by atoms with van der Waals surface area (Å²) in [4.78, 5) is 0. The first-order valence-corrected chi connectivity index (χ1v) is 19.9. The second kappa shape index (κ2) is 11.9. The minimum Gasteiger partial charge on any atom is -0.455 e. The summed E-state index contributed by atoms with van der Waals surface area (Å²) in [7, 11) is 0. The van der Waals surface area contributed by atoms with Gasteiger partial charge in [-0.15, -0.1) is 0 Å². The van der Waals surface area contributed by atoms with Gasteiger partial charge in [0.05, 0.1) is 0 Å². The fraction of sp³-hybridized carbons (Fsp3) is 0. The van der Waals surface area contributed by atoms with Gasteiger partial charge in [0.25, 0.3) is 0 Å². The maximum atomic E-state index is 6.60. The van der Waals surface area contributed by atoms with Crippen LogP contribution in [0, 0.1) is 0 Å². The topological polar surface area (TPSA) is 26.3 Å². The zero-order valence-electron chi connectivity index (χ0n) is 31.3. The summed E-state index contributed by atoms with van der Waals surface area (Å²) >= 11 is 0. The minimum atomic E-state index is 0.894. The van der Waals surface area contributed by atoms with Gasteiger partial charge in [0.2, 0.25) is 0 Å². The Hall–Kier alpha value is -7.68. The van der Waals surface area contributed by atoms with E-state index in [9.17, 15) is 0 Å². The van der Waals surface area contributed by atoms with E-state index in [2.05, 4.69) is 194 Å². The van der Waals surface area contributed by atoms with Crippen molar-refractivity contribution in [2.45, 2.75) is 0 Å². The SMILES string of the molecule is c1ccc2c(-c3ccc4c(-c5ccc6oc7c8ccccc8ccc7c6c5)c5ccccc5c(-c5ccc6oc7c8ccccc8ccc7c6c5)c4c3)cccc2c1. The molecule has 0 atom stereocenters. The van der Waals surface area contributed by atoms with Crippen molar-refractivity contribution in [1.29, 1.82) is 0 Å². The van der Waals surface area contributed by atoms with Gasteiger partial charge in [-0.1, -0.05) is 152 Å². The van der Waals surface area contributed by atoms with Crippen LogP contribution in [0.5, 0.6) is 0 Å². The zero-order valence-corrected chi connectivity index (χ0v) is 31.3. The Bertz CT molecular complexity index is 3850. The van der Waals surface area contributed by atoms with Crippen molar-refractivity contribution in [3.63, 3.8) is 0 Å². The smallest absolute Gasteiger partial charge is 0.143 e. The van der Waals surface area contributed by atoms with Crippen molar-refractivity contribution >= 4 is 97.7 Å². The molecule has 13 aromatic rings. The third-order valence-electron chi connectivity index (χ3n) is 12.4. The number of rotatable bonds is 3. The quantitative estimate of drug-likeness (QED) is 0.169. The summed E-state index contributed by atoms with van der Waals surface area (Å²) in [6, 6.07) is 70.5. The summed E-state index contributed by atoms with van der Waals surface area (Å²) in [5, 5.41) is 16.4. The molecule has 0 fully saturated rings. The maximum absolute atomic E-state index is 6.60. The zero-order chi connectivity index (χ0) is 37.9. The molecule has 0 radical (unpaired) electrons. The van der Waals surface area contributed by atoms with Crippen molar-refractivity contribution < 1.29 is 8.83 Å². The third kappa shape index (κ3) is 4.48. The van der Waals surface area contributed by atoms with Gasteiger partial charge < -0.3 is 8.83 Å².